The summed E-state index contributed by atoms with van der Waals surface area (Å²) in [4.78, 5) is 13.4. The smallest absolute Gasteiger partial charge is 0.748 e. The van der Waals surface area contributed by atoms with E-state index in [-0.39, 0.29) is 35.1 Å². The molecule has 0 aliphatic rings. The number of carbonyl (C=O) groups is 1. The van der Waals surface area contributed by atoms with Crippen molar-refractivity contribution >= 4 is 16.1 Å². The minimum absolute atomic E-state index is 0. The maximum Gasteiger partial charge on any atom is 1.00 e. The Morgan fingerprint density at radius 3 is 2.38 bits per heavy atom. The summed E-state index contributed by atoms with van der Waals surface area (Å²) in [7, 11) is -4.44. The number of hydrogen-bond donors (Lipinski definition) is 0. The van der Waals surface area contributed by atoms with Gasteiger partial charge >= 0.3 is 35.5 Å². The number of hydrogen-bond acceptors (Lipinski definition) is 7. The van der Waals surface area contributed by atoms with Crippen molar-refractivity contribution in [2.24, 2.45) is 0 Å². The number of nitriles is 1. The fourth-order valence-electron chi connectivity index (χ4n) is 1.16. The predicted octanol–water partition coefficient (Wildman–Crippen LogP) is -2.62. The van der Waals surface area contributed by atoms with Crippen LogP contribution in [0.25, 0.3) is 0 Å². The van der Waals surface area contributed by atoms with Gasteiger partial charge < -0.3 is 14.2 Å². The van der Waals surface area contributed by atoms with Crippen LogP contribution in [0, 0.1) is 11.3 Å². The van der Waals surface area contributed by atoms with Crippen molar-refractivity contribution in [2.45, 2.75) is 13.8 Å². The Kier molecular flexibility index (Phi) is 12.6. The molecule has 0 atom stereocenters. The second kappa shape index (κ2) is 11.8. The summed E-state index contributed by atoms with van der Waals surface area (Å²) in [5.41, 5.74) is -0.267. The van der Waals surface area contributed by atoms with E-state index in [1.807, 2.05) is 18.7 Å². The van der Waals surface area contributed by atoms with Gasteiger partial charge in [0.25, 0.3) is 0 Å². The van der Waals surface area contributed by atoms with Crippen molar-refractivity contribution in [3.63, 3.8) is 0 Å². The first-order valence-electron chi connectivity index (χ1n) is 5.97. The molecule has 0 bridgehead atoms. The van der Waals surface area contributed by atoms with Gasteiger partial charge in [-0.15, -0.1) is 0 Å². The van der Waals surface area contributed by atoms with Crippen molar-refractivity contribution in [1.29, 1.82) is 5.26 Å². The predicted molar refractivity (Wildman–Crippen MR) is 71.3 cm³/mol. The largest absolute Gasteiger partial charge is 1.00 e. The Labute approximate surface area is 147 Å². The average molecular weight is 324 g/mol. The van der Waals surface area contributed by atoms with Crippen LogP contribution in [0.5, 0.6) is 0 Å². The Bertz CT molecular complexity index is 518. The van der Waals surface area contributed by atoms with Crippen LogP contribution in [0.15, 0.2) is 23.9 Å². The van der Waals surface area contributed by atoms with E-state index in [2.05, 4.69) is 4.74 Å². The summed E-state index contributed by atoms with van der Waals surface area (Å²) in [6, 6.07) is 1.65. The molecule has 0 aliphatic carbocycles. The molecule has 0 fully saturated rings. The van der Waals surface area contributed by atoms with Crippen LogP contribution in [0.2, 0.25) is 0 Å². The zero-order valence-electron chi connectivity index (χ0n) is 12.4. The van der Waals surface area contributed by atoms with E-state index >= 15 is 0 Å². The maximum atomic E-state index is 11.4. The monoisotopic (exact) mass is 324 g/mol. The Balaban J connectivity index is 0. The summed E-state index contributed by atoms with van der Waals surface area (Å²) >= 11 is 0. The molecule has 0 rings (SSSR count). The van der Waals surface area contributed by atoms with Gasteiger partial charge in [0.15, 0.2) is 0 Å². The van der Waals surface area contributed by atoms with Crippen LogP contribution < -0.4 is 29.6 Å². The molecule has 21 heavy (non-hydrogen) atoms. The van der Waals surface area contributed by atoms with Crippen molar-refractivity contribution in [3.05, 3.63) is 23.9 Å². The van der Waals surface area contributed by atoms with Gasteiger partial charge in [-0.2, -0.15) is 5.26 Å². The van der Waals surface area contributed by atoms with Gasteiger partial charge in [0.1, 0.15) is 18.2 Å². The summed E-state index contributed by atoms with van der Waals surface area (Å²) in [5.74, 6) is -1.77. The third-order valence-electron chi connectivity index (χ3n) is 2.28. The second-order valence-corrected chi connectivity index (χ2v) is 5.18. The average Bonchev–Trinajstić information content (AvgIpc) is 2.37. The molecule has 0 N–H and O–H groups in total. The van der Waals surface area contributed by atoms with Gasteiger partial charge in [-0.1, -0.05) is 0 Å². The van der Waals surface area contributed by atoms with Crippen molar-refractivity contribution in [1.82, 2.24) is 4.90 Å². The zero-order valence-corrected chi connectivity index (χ0v) is 15.2. The molecule has 112 valence electrons. The Morgan fingerprint density at radius 1 is 1.38 bits per heavy atom. The second-order valence-electron chi connectivity index (χ2n) is 3.65. The first-order chi connectivity index (χ1) is 9.34. The van der Waals surface area contributed by atoms with Crippen LogP contribution >= 0.6 is 0 Å². The normalized spacial score (nSPS) is 11.6. The van der Waals surface area contributed by atoms with Crippen molar-refractivity contribution in [2.75, 3.05) is 25.4 Å². The van der Waals surface area contributed by atoms with E-state index < -0.39 is 28.4 Å². The molecule has 0 spiro atoms. The topological polar surface area (TPSA) is 111 Å². The van der Waals surface area contributed by atoms with Crippen LogP contribution in [0.1, 0.15) is 13.8 Å². The summed E-state index contributed by atoms with van der Waals surface area (Å²) in [6.07, 6.45) is 4.51. The molecule has 0 aromatic carbocycles. The number of nitrogens with zero attached hydrogens (tertiary/aromatic N) is 2. The molecule has 0 saturated heterocycles. The first-order valence-corrected chi connectivity index (χ1v) is 7.55. The summed E-state index contributed by atoms with van der Waals surface area (Å²) in [5, 5.41) is 8.79. The molecule has 0 aliphatic heterocycles. The molecule has 0 aromatic rings. The van der Waals surface area contributed by atoms with Gasteiger partial charge in [-0.05, 0) is 32.2 Å². The number of carbonyl (C=O) groups excluding carboxylic acids is 1. The van der Waals surface area contributed by atoms with Crippen LogP contribution in [-0.2, 0) is 19.6 Å². The maximum absolute atomic E-state index is 11.4. The van der Waals surface area contributed by atoms with Crippen molar-refractivity contribution < 1.29 is 52.1 Å². The fraction of sp³-hybridized carbons (Fsp3) is 0.500. The third kappa shape index (κ3) is 11.5. The summed E-state index contributed by atoms with van der Waals surface area (Å²) < 4.78 is 35.5. The minimum Gasteiger partial charge on any atom is -0.748 e. The molecule has 0 aromatic heterocycles. The molecule has 9 heteroatoms. The van der Waals surface area contributed by atoms with Gasteiger partial charge in [0.2, 0.25) is 0 Å². The molecule has 0 unspecified atom stereocenters. The molecule has 0 radical (unpaired) electrons. The van der Waals surface area contributed by atoms with Gasteiger partial charge in [-0.3, -0.25) is 0 Å². The first kappa shape index (κ1) is 22.4. The number of allylic oxidation sites excluding steroid dienone is 2. The standard InChI is InChI=1S/C12H18N2O5S.Na/c1-3-14(4-2)7-5-6-11(10-13)12(15)19-8-9-20(16,17)18;/h5-7H,3-4,8-9H2,1-2H3,(H,16,17,18);/q;+1/p-1. The van der Waals surface area contributed by atoms with Crippen LogP contribution in [0.4, 0.5) is 0 Å². The van der Waals surface area contributed by atoms with E-state index in [1.54, 1.807) is 12.3 Å². The molecule has 7 nitrogen and oxygen atoms in total. The fourth-order valence-corrected chi connectivity index (χ4v) is 1.45. The minimum atomic E-state index is -4.44. The van der Waals surface area contributed by atoms with E-state index in [0.717, 1.165) is 13.1 Å². The quantitative estimate of drug-likeness (QED) is 0.120. The van der Waals surface area contributed by atoms with Gasteiger partial charge in [0.05, 0.1) is 15.9 Å². The Hall–Kier alpha value is -0.850. The zero-order chi connectivity index (χ0) is 15.6. The SMILES string of the molecule is CCN(C=CC=C(C#N)C(=O)OCCS(=O)(=O)[O-])CC.[Na+]. The molecular weight excluding hydrogens is 307 g/mol. The molecule has 0 saturated carbocycles. The number of rotatable bonds is 8. The third-order valence-corrected chi connectivity index (χ3v) is 2.95. The summed E-state index contributed by atoms with van der Waals surface area (Å²) in [6.45, 7) is 4.92. The van der Waals surface area contributed by atoms with Gasteiger partial charge in [0, 0.05) is 13.1 Å². The van der Waals surface area contributed by atoms with Gasteiger partial charge in [-0.25, -0.2) is 13.2 Å². The van der Waals surface area contributed by atoms with E-state index in [1.165, 1.54) is 12.2 Å². The number of esters is 1. The molecule has 0 heterocycles. The van der Waals surface area contributed by atoms with E-state index in [9.17, 15) is 17.8 Å². The number of ether oxygens (including phenoxy) is 1. The van der Waals surface area contributed by atoms with Crippen molar-refractivity contribution in [3.8, 4) is 6.07 Å². The van der Waals surface area contributed by atoms with Crippen LogP contribution in [-0.4, -0.2) is 49.3 Å². The molecule has 0 amide bonds. The van der Waals surface area contributed by atoms with E-state index in [0.29, 0.717) is 0 Å². The van der Waals surface area contributed by atoms with Crippen LogP contribution in [0.3, 0.4) is 0 Å². The molecular formula is C12H17N2NaO5S. The van der Waals surface area contributed by atoms with E-state index in [4.69, 9.17) is 5.26 Å². The Morgan fingerprint density at radius 2 is 1.95 bits per heavy atom.